The van der Waals surface area contributed by atoms with Crippen LogP contribution >= 0.6 is 0 Å². The van der Waals surface area contributed by atoms with Gasteiger partial charge >= 0.3 is 0 Å². The molecule has 2 heterocycles. The molecule has 5 nitrogen and oxygen atoms in total. The molecule has 1 aromatic heterocycles. The summed E-state index contributed by atoms with van der Waals surface area (Å²) < 4.78 is 11.3. The van der Waals surface area contributed by atoms with Crippen molar-refractivity contribution in [2.45, 2.75) is 31.8 Å². The molecular formula is C16H21N3O2. The van der Waals surface area contributed by atoms with E-state index in [0.29, 0.717) is 11.7 Å². The van der Waals surface area contributed by atoms with Gasteiger partial charge in [0.2, 0.25) is 5.82 Å². The maximum absolute atomic E-state index is 5.78. The van der Waals surface area contributed by atoms with Gasteiger partial charge in [-0.1, -0.05) is 23.4 Å². The van der Waals surface area contributed by atoms with Gasteiger partial charge in [-0.15, -0.1) is 0 Å². The van der Waals surface area contributed by atoms with E-state index in [2.05, 4.69) is 21.5 Å². The van der Waals surface area contributed by atoms with Gasteiger partial charge in [0, 0.05) is 12.2 Å². The molecule has 5 heteroatoms. The average molecular weight is 287 g/mol. The number of rotatable bonds is 5. The zero-order chi connectivity index (χ0) is 14.7. The second-order valence-corrected chi connectivity index (χ2v) is 5.62. The van der Waals surface area contributed by atoms with Crippen LogP contribution in [0.4, 0.5) is 0 Å². The number of aromatic nitrogens is 2. The number of nitrogens with one attached hydrogen (secondary N) is 1. The van der Waals surface area contributed by atoms with Crippen molar-refractivity contribution >= 4 is 0 Å². The van der Waals surface area contributed by atoms with Gasteiger partial charge in [0.25, 0.3) is 5.89 Å². The second-order valence-electron chi connectivity index (χ2n) is 5.62. The number of hydrogen-bond acceptors (Lipinski definition) is 5. The van der Waals surface area contributed by atoms with E-state index < -0.39 is 5.60 Å². The molecule has 1 saturated heterocycles. The fraction of sp³-hybridized carbons (Fsp3) is 0.500. The van der Waals surface area contributed by atoms with E-state index in [4.69, 9.17) is 9.26 Å². The Morgan fingerprint density at radius 2 is 2.19 bits per heavy atom. The Hall–Kier alpha value is -1.72. The molecule has 1 fully saturated rings. The van der Waals surface area contributed by atoms with E-state index in [1.165, 1.54) is 5.56 Å². The van der Waals surface area contributed by atoms with Crippen LogP contribution in [0.1, 0.15) is 31.2 Å². The van der Waals surface area contributed by atoms with Crippen LogP contribution in [0.15, 0.2) is 28.8 Å². The standard InChI is InChI=1S/C16H21N3O2/c1-16(9-5-11-20-16)15-18-14(21-19-15)13-7-4-3-6-12(13)8-10-17-2/h3-4,6-7,17H,5,8-11H2,1-2H3. The van der Waals surface area contributed by atoms with Gasteiger partial charge in [0.1, 0.15) is 5.60 Å². The van der Waals surface area contributed by atoms with Crippen molar-refractivity contribution in [2.24, 2.45) is 0 Å². The van der Waals surface area contributed by atoms with Gasteiger partial charge in [0.15, 0.2) is 0 Å². The van der Waals surface area contributed by atoms with Crippen molar-refractivity contribution in [1.29, 1.82) is 0 Å². The number of benzene rings is 1. The summed E-state index contributed by atoms with van der Waals surface area (Å²) in [4.78, 5) is 4.58. The van der Waals surface area contributed by atoms with Crippen molar-refractivity contribution in [1.82, 2.24) is 15.5 Å². The lowest BCUT2D eigenvalue weighted by Gasteiger charge is -2.17. The Kier molecular flexibility index (Phi) is 4.03. The minimum Gasteiger partial charge on any atom is -0.367 e. The first-order valence-corrected chi connectivity index (χ1v) is 7.44. The Balaban J connectivity index is 1.89. The smallest absolute Gasteiger partial charge is 0.258 e. The normalized spacial score (nSPS) is 21.8. The maximum Gasteiger partial charge on any atom is 0.258 e. The molecule has 1 N–H and O–H groups in total. The largest absolute Gasteiger partial charge is 0.367 e. The first-order chi connectivity index (χ1) is 10.2. The summed E-state index contributed by atoms with van der Waals surface area (Å²) in [5.74, 6) is 1.23. The van der Waals surface area contributed by atoms with E-state index in [1.54, 1.807) is 0 Å². The number of nitrogens with zero attached hydrogens (tertiary/aromatic N) is 2. The fourth-order valence-corrected chi connectivity index (χ4v) is 2.71. The van der Waals surface area contributed by atoms with Crippen molar-refractivity contribution < 1.29 is 9.26 Å². The molecule has 1 unspecified atom stereocenters. The first-order valence-electron chi connectivity index (χ1n) is 7.44. The summed E-state index contributed by atoms with van der Waals surface area (Å²) >= 11 is 0. The molecule has 1 aliphatic heterocycles. The molecule has 1 atom stereocenters. The Bertz CT molecular complexity index is 603. The highest BCUT2D eigenvalue weighted by Crippen LogP contribution is 2.35. The van der Waals surface area contributed by atoms with Crippen LogP contribution in [-0.4, -0.2) is 30.3 Å². The van der Waals surface area contributed by atoms with E-state index in [0.717, 1.165) is 38.0 Å². The lowest BCUT2D eigenvalue weighted by atomic mass is 10.0. The van der Waals surface area contributed by atoms with Crippen LogP contribution in [0.2, 0.25) is 0 Å². The number of ether oxygens (including phenoxy) is 1. The lowest BCUT2D eigenvalue weighted by molar-refractivity contribution is 0.00768. The minimum atomic E-state index is -0.401. The Labute approximate surface area is 124 Å². The molecule has 112 valence electrons. The molecule has 0 amide bonds. The molecule has 21 heavy (non-hydrogen) atoms. The summed E-state index contributed by atoms with van der Waals surface area (Å²) in [5.41, 5.74) is 1.81. The highest BCUT2D eigenvalue weighted by atomic mass is 16.5. The highest BCUT2D eigenvalue weighted by molar-refractivity contribution is 5.58. The highest BCUT2D eigenvalue weighted by Gasteiger charge is 2.36. The predicted octanol–water partition coefficient (Wildman–Crippen LogP) is 2.52. The quantitative estimate of drug-likeness (QED) is 0.915. The maximum atomic E-state index is 5.78. The zero-order valence-corrected chi connectivity index (χ0v) is 12.6. The van der Waals surface area contributed by atoms with Crippen LogP contribution in [0, 0.1) is 0 Å². The third-order valence-electron chi connectivity index (χ3n) is 4.01. The third-order valence-corrected chi connectivity index (χ3v) is 4.01. The second kappa shape index (κ2) is 5.95. The summed E-state index contributed by atoms with van der Waals surface area (Å²) in [6, 6.07) is 8.16. The SMILES string of the molecule is CNCCc1ccccc1-c1nc(C2(C)CCCO2)no1. The molecule has 0 aliphatic carbocycles. The third kappa shape index (κ3) is 2.84. The molecule has 1 aromatic carbocycles. The summed E-state index contributed by atoms with van der Waals surface area (Å²) in [6.07, 6.45) is 2.91. The molecule has 0 bridgehead atoms. The monoisotopic (exact) mass is 287 g/mol. The van der Waals surface area contributed by atoms with Crippen LogP contribution in [0.5, 0.6) is 0 Å². The molecule has 0 radical (unpaired) electrons. The fourth-order valence-electron chi connectivity index (χ4n) is 2.71. The van der Waals surface area contributed by atoms with Crippen LogP contribution in [-0.2, 0) is 16.8 Å². The predicted molar refractivity (Wildman–Crippen MR) is 79.9 cm³/mol. The van der Waals surface area contributed by atoms with Crippen LogP contribution < -0.4 is 5.32 Å². The van der Waals surface area contributed by atoms with Crippen LogP contribution in [0.3, 0.4) is 0 Å². The van der Waals surface area contributed by atoms with Gasteiger partial charge in [-0.05, 0) is 51.4 Å². The van der Waals surface area contributed by atoms with Crippen molar-refractivity contribution in [2.75, 3.05) is 20.2 Å². The molecule has 3 rings (SSSR count). The molecule has 0 saturated carbocycles. The van der Waals surface area contributed by atoms with E-state index in [-0.39, 0.29) is 0 Å². The van der Waals surface area contributed by atoms with Crippen molar-refractivity contribution in [3.63, 3.8) is 0 Å². The van der Waals surface area contributed by atoms with E-state index in [1.807, 2.05) is 32.2 Å². The molecule has 2 aromatic rings. The topological polar surface area (TPSA) is 60.2 Å². The van der Waals surface area contributed by atoms with Gasteiger partial charge in [-0.3, -0.25) is 0 Å². The average Bonchev–Trinajstić information content (AvgIpc) is 3.15. The van der Waals surface area contributed by atoms with E-state index in [9.17, 15) is 0 Å². The van der Waals surface area contributed by atoms with Gasteiger partial charge in [-0.25, -0.2) is 0 Å². The molecular weight excluding hydrogens is 266 g/mol. The Morgan fingerprint density at radius 1 is 1.33 bits per heavy atom. The van der Waals surface area contributed by atoms with E-state index >= 15 is 0 Å². The lowest BCUT2D eigenvalue weighted by Crippen LogP contribution is -2.21. The van der Waals surface area contributed by atoms with Crippen molar-refractivity contribution in [3.05, 3.63) is 35.7 Å². The molecule has 0 spiro atoms. The first kappa shape index (κ1) is 14.2. The van der Waals surface area contributed by atoms with Crippen LogP contribution in [0.25, 0.3) is 11.5 Å². The number of likely N-dealkylation sites (N-methyl/N-ethyl adjacent to an activating group) is 1. The van der Waals surface area contributed by atoms with Gasteiger partial charge in [-0.2, -0.15) is 4.98 Å². The summed E-state index contributed by atoms with van der Waals surface area (Å²) in [6.45, 7) is 3.71. The van der Waals surface area contributed by atoms with Gasteiger partial charge < -0.3 is 14.6 Å². The number of hydrogen-bond donors (Lipinski definition) is 1. The Morgan fingerprint density at radius 3 is 2.95 bits per heavy atom. The summed E-state index contributed by atoms with van der Waals surface area (Å²) in [5, 5.41) is 7.31. The molecule has 1 aliphatic rings. The summed E-state index contributed by atoms with van der Waals surface area (Å²) in [7, 11) is 1.95. The zero-order valence-electron chi connectivity index (χ0n) is 12.6. The van der Waals surface area contributed by atoms with Crippen molar-refractivity contribution in [3.8, 4) is 11.5 Å². The van der Waals surface area contributed by atoms with Gasteiger partial charge in [0.05, 0.1) is 0 Å². The minimum absolute atomic E-state index is 0.401.